The fraction of sp³-hybridized carbons (Fsp3) is 0.533. The van der Waals surface area contributed by atoms with Gasteiger partial charge in [0.2, 0.25) is 0 Å². The second-order valence-electron chi connectivity index (χ2n) is 5.77. The number of fused-ring (bicyclic) bond motifs is 1. The Bertz CT molecular complexity index is 463. The van der Waals surface area contributed by atoms with Crippen molar-refractivity contribution in [3.8, 4) is 5.75 Å². The molecule has 3 rings (SSSR count). The highest BCUT2D eigenvalue weighted by molar-refractivity contribution is 5.75. The lowest BCUT2D eigenvalue weighted by atomic mass is 10.0. The molecule has 0 radical (unpaired) electrons. The maximum Gasteiger partial charge on any atom is 0.255 e. The third-order valence-electron chi connectivity index (χ3n) is 4.18. The molecule has 1 aromatic rings. The van der Waals surface area contributed by atoms with Gasteiger partial charge in [0.25, 0.3) is 5.91 Å². The number of carbonyl (C=O) groups is 1. The van der Waals surface area contributed by atoms with E-state index in [2.05, 4.69) is 22.3 Å². The van der Waals surface area contributed by atoms with Gasteiger partial charge in [0.05, 0.1) is 0 Å². The molecule has 5 nitrogen and oxygen atoms in total. The van der Waals surface area contributed by atoms with Crippen molar-refractivity contribution in [1.29, 1.82) is 0 Å². The van der Waals surface area contributed by atoms with Crippen LogP contribution >= 0.6 is 0 Å². The number of nitrogens with zero attached hydrogens (tertiary/aromatic N) is 1. The van der Waals surface area contributed by atoms with Crippen LogP contribution in [-0.2, 0) is 11.3 Å². The highest BCUT2D eigenvalue weighted by Crippen LogP contribution is 2.27. The quantitative estimate of drug-likeness (QED) is 0.805. The van der Waals surface area contributed by atoms with Gasteiger partial charge in [-0.15, -0.1) is 0 Å². The second-order valence-corrected chi connectivity index (χ2v) is 5.77. The molecule has 0 unspecified atom stereocenters. The molecule has 2 aliphatic heterocycles. The largest absolute Gasteiger partial charge is 0.484 e. The van der Waals surface area contributed by atoms with Crippen molar-refractivity contribution < 1.29 is 9.53 Å². The van der Waals surface area contributed by atoms with Crippen molar-refractivity contribution in [1.82, 2.24) is 10.2 Å². The van der Waals surface area contributed by atoms with Crippen LogP contribution in [0.1, 0.15) is 5.56 Å². The van der Waals surface area contributed by atoms with Crippen molar-refractivity contribution in [3.05, 3.63) is 29.8 Å². The van der Waals surface area contributed by atoms with Crippen LogP contribution in [0.15, 0.2) is 24.3 Å². The minimum absolute atomic E-state index is 0.0676. The van der Waals surface area contributed by atoms with Gasteiger partial charge in [-0.05, 0) is 42.6 Å². The standard InChI is InChI=1S/C15H21N3O2/c16-15(19)10-20-14-3-1-11(2-4-14)7-18-8-12-5-17-6-13(12)9-18/h1-4,12-13,17H,5-10H2,(H2,16,19)/t12-,13+. The minimum Gasteiger partial charge on any atom is -0.484 e. The van der Waals surface area contributed by atoms with Crippen molar-refractivity contribution >= 4 is 5.91 Å². The van der Waals surface area contributed by atoms with Crippen LogP contribution in [0.3, 0.4) is 0 Å². The fourth-order valence-corrected chi connectivity index (χ4v) is 3.19. The third-order valence-corrected chi connectivity index (χ3v) is 4.18. The first kappa shape index (κ1) is 13.4. The molecule has 20 heavy (non-hydrogen) atoms. The smallest absolute Gasteiger partial charge is 0.255 e. The van der Waals surface area contributed by atoms with Crippen molar-refractivity contribution in [3.63, 3.8) is 0 Å². The highest BCUT2D eigenvalue weighted by atomic mass is 16.5. The maximum absolute atomic E-state index is 10.7. The van der Waals surface area contributed by atoms with E-state index in [9.17, 15) is 4.79 Å². The molecule has 0 aromatic heterocycles. The average Bonchev–Trinajstić information content (AvgIpc) is 2.99. The second kappa shape index (κ2) is 5.81. The van der Waals surface area contributed by atoms with Crippen LogP contribution in [0.4, 0.5) is 0 Å². The Morgan fingerprint density at radius 1 is 1.25 bits per heavy atom. The SMILES string of the molecule is NC(=O)COc1ccc(CN2C[C@H]3CNC[C@H]3C2)cc1. The monoisotopic (exact) mass is 275 g/mol. The van der Waals surface area contributed by atoms with E-state index in [1.165, 1.54) is 31.7 Å². The first-order chi connectivity index (χ1) is 9.70. The van der Waals surface area contributed by atoms with E-state index in [1.54, 1.807) is 0 Å². The van der Waals surface area contributed by atoms with Gasteiger partial charge in [-0.25, -0.2) is 0 Å². The summed E-state index contributed by atoms with van der Waals surface area (Å²) in [5, 5.41) is 3.46. The van der Waals surface area contributed by atoms with Crippen LogP contribution in [-0.4, -0.2) is 43.6 Å². The van der Waals surface area contributed by atoms with Gasteiger partial charge in [-0.3, -0.25) is 9.69 Å². The number of primary amides is 1. The average molecular weight is 275 g/mol. The van der Waals surface area contributed by atoms with E-state index in [0.717, 1.165) is 18.4 Å². The van der Waals surface area contributed by atoms with Crippen LogP contribution in [0.5, 0.6) is 5.75 Å². The van der Waals surface area contributed by atoms with Crippen LogP contribution in [0.25, 0.3) is 0 Å². The molecule has 108 valence electrons. The number of likely N-dealkylation sites (tertiary alicyclic amines) is 1. The Kier molecular flexibility index (Phi) is 3.89. The van der Waals surface area contributed by atoms with Crippen LogP contribution in [0, 0.1) is 11.8 Å². The molecular weight excluding hydrogens is 254 g/mol. The van der Waals surface area contributed by atoms with Crippen LogP contribution in [0.2, 0.25) is 0 Å². The summed E-state index contributed by atoms with van der Waals surface area (Å²) in [6.07, 6.45) is 0. The van der Waals surface area contributed by atoms with E-state index in [0.29, 0.717) is 5.75 Å². The van der Waals surface area contributed by atoms with Gasteiger partial charge in [-0.2, -0.15) is 0 Å². The van der Waals surface area contributed by atoms with Gasteiger partial charge in [-0.1, -0.05) is 12.1 Å². The molecule has 0 aliphatic carbocycles. The summed E-state index contributed by atoms with van der Waals surface area (Å²) in [5.74, 6) is 1.89. The van der Waals surface area contributed by atoms with E-state index >= 15 is 0 Å². The van der Waals surface area contributed by atoms with E-state index < -0.39 is 5.91 Å². The number of nitrogens with two attached hydrogens (primary N) is 1. The summed E-state index contributed by atoms with van der Waals surface area (Å²) in [7, 11) is 0. The molecule has 1 aromatic carbocycles. The zero-order valence-corrected chi connectivity index (χ0v) is 11.5. The molecular formula is C15H21N3O2. The number of carbonyl (C=O) groups excluding carboxylic acids is 1. The number of hydrogen-bond donors (Lipinski definition) is 2. The zero-order valence-electron chi connectivity index (χ0n) is 11.5. The molecule has 5 heteroatoms. The van der Waals surface area contributed by atoms with Gasteiger partial charge >= 0.3 is 0 Å². The maximum atomic E-state index is 10.7. The summed E-state index contributed by atoms with van der Waals surface area (Å²) < 4.78 is 5.26. The lowest BCUT2D eigenvalue weighted by molar-refractivity contribution is -0.119. The fourth-order valence-electron chi connectivity index (χ4n) is 3.19. The Hall–Kier alpha value is -1.59. The molecule has 2 heterocycles. The van der Waals surface area contributed by atoms with Gasteiger partial charge in [0, 0.05) is 19.6 Å². The normalized spacial score (nSPS) is 25.6. The molecule has 3 N–H and O–H groups in total. The number of ether oxygens (including phenoxy) is 1. The third kappa shape index (κ3) is 3.11. The molecule has 1 amide bonds. The Morgan fingerprint density at radius 2 is 1.90 bits per heavy atom. The highest BCUT2D eigenvalue weighted by Gasteiger charge is 2.35. The van der Waals surface area contributed by atoms with Gasteiger partial charge in [0.15, 0.2) is 6.61 Å². The number of amides is 1. The number of rotatable bonds is 5. The minimum atomic E-state index is -0.453. The first-order valence-electron chi connectivity index (χ1n) is 7.14. The number of nitrogens with one attached hydrogen (secondary N) is 1. The first-order valence-corrected chi connectivity index (χ1v) is 7.14. The molecule has 2 aliphatic rings. The lowest BCUT2D eigenvalue weighted by Gasteiger charge is -2.17. The summed E-state index contributed by atoms with van der Waals surface area (Å²) >= 11 is 0. The van der Waals surface area contributed by atoms with E-state index in [4.69, 9.17) is 10.5 Å². The van der Waals surface area contributed by atoms with Crippen molar-refractivity contribution in [2.45, 2.75) is 6.54 Å². The molecule has 0 saturated carbocycles. The Labute approximate surface area is 119 Å². The number of hydrogen-bond acceptors (Lipinski definition) is 4. The van der Waals surface area contributed by atoms with Gasteiger partial charge in [0.1, 0.15) is 5.75 Å². The Balaban J connectivity index is 1.52. The summed E-state index contributed by atoms with van der Waals surface area (Å²) in [6, 6.07) is 7.92. The van der Waals surface area contributed by atoms with E-state index in [-0.39, 0.29) is 6.61 Å². The van der Waals surface area contributed by atoms with E-state index in [1.807, 2.05) is 12.1 Å². The predicted molar refractivity (Wildman–Crippen MR) is 76.3 cm³/mol. The summed E-state index contributed by atoms with van der Waals surface area (Å²) in [5.41, 5.74) is 6.33. The van der Waals surface area contributed by atoms with Crippen LogP contribution < -0.4 is 15.8 Å². The molecule has 0 bridgehead atoms. The number of benzene rings is 1. The topological polar surface area (TPSA) is 67.6 Å². The molecule has 2 fully saturated rings. The van der Waals surface area contributed by atoms with Crippen molar-refractivity contribution in [2.24, 2.45) is 17.6 Å². The predicted octanol–water partition coefficient (Wildman–Crippen LogP) is 0.202. The summed E-state index contributed by atoms with van der Waals surface area (Å²) in [6.45, 7) is 5.64. The summed E-state index contributed by atoms with van der Waals surface area (Å²) in [4.78, 5) is 13.2. The zero-order chi connectivity index (χ0) is 13.9. The van der Waals surface area contributed by atoms with Gasteiger partial charge < -0.3 is 15.8 Å². The molecule has 0 spiro atoms. The van der Waals surface area contributed by atoms with Crippen molar-refractivity contribution in [2.75, 3.05) is 32.8 Å². The lowest BCUT2D eigenvalue weighted by Crippen LogP contribution is -2.25. The molecule has 2 saturated heterocycles. The Morgan fingerprint density at radius 3 is 2.50 bits per heavy atom. The molecule has 2 atom stereocenters.